The zero-order chi connectivity index (χ0) is 21.9. The van der Waals surface area contributed by atoms with Crippen LogP contribution in [0.1, 0.15) is 36.8 Å². The highest BCUT2D eigenvalue weighted by atomic mass is 32.2. The molecule has 8 heteroatoms. The van der Waals surface area contributed by atoms with Crippen LogP contribution in [0, 0.1) is 5.41 Å². The average molecular weight is 430 g/mol. The Balaban J connectivity index is 1.77. The summed E-state index contributed by atoms with van der Waals surface area (Å²) in [5.41, 5.74) is 7.21. The summed E-state index contributed by atoms with van der Waals surface area (Å²) in [6.45, 7) is 0. The number of nitrogens with two attached hydrogens (primary N) is 1. The number of rotatable bonds is 12. The van der Waals surface area contributed by atoms with E-state index in [1.54, 1.807) is 36.4 Å². The van der Waals surface area contributed by atoms with Crippen LogP contribution in [0.25, 0.3) is 0 Å². The predicted octanol–water partition coefficient (Wildman–Crippen LogP) is 2.45. The number of aryl methyl sites for hydroxylation is 1. The summed E-state index contributed by atoms with van der Waals surface area (Å²) in [4.78, 5) is 24.0. The summed E-state index contributed by atoms with van der Waals surface area (Å²) in [5.74, 6) is -1.19. The highest BCUT2D eigenvalue weighted by molar-refractivity contribution is 7.91. The molecule has 30 heavy (non-hydrogen) atoms. The van der Waals surface area contributed by atoms with Crippen LogP contribution in [-0.4, -0.2) is 39.2 Å². The molecule has 5 N–H and O–H groups in total. The van der Waals surface area contributed by atoms with E-state index in [2.05, 4.69) is 5.32 Å². The summed E-state index contributed by atoms with van der Waals surface area (Å²) in [6, 6.07) is 15.5. The van der Waals surface area contributed by atoms with Crippen molar-refractivity contribution in [1.82, 2.24) is 5.32 Å². The molecule has 1 amide bonds. The minimum Gasteiger partial charge on any atom is -0.611 e. The number of benzene rings is 2. The van der Waals surface area contributed by atoms with E-state index in [4.69, 9.17) is 16.2 Å². The molecule has 0 aliphatic rings. The lowest BCUT2D eigenvalue weighted by Gasteiger charge is -2.19. The molecule has 7 nitrogen and oxygen atoms in total. The minimum atomic E-state index is -1.39. The largest absolute Gasteiger partial charge is 0.611 e. The van der Waals surface area contributed by atoms with E-state index in [1.165, 1.54) is 0 Å². The highest BCUT2D eigenvalue weighted by Crippen LogP contribution is 2.13. The predicted molar refractivity (Wildman–Crippen MR) is 117 cm³/mol. The molecule has 0 aliphatic heterocycles. The summed E-state index contributed by atoms with van der Waals surface area (Å²) < 4.78 is 12.4. The molecule has 0 aliphatic carbocycles. The van der Waals surface area contributed by atoms with Crippen molar-refractivity contribution in [3.05, 3.63) is 65.7 Å². The Hall–Kier alpha value is -2.84. The smallest absolute Gasteiger partial charge is 0.305 e. The number of amidine groups is 1. The van der Waals surface area contributed by atoms with Gasteiger partial charge in [-0.1, -0.05) is 42.5 Å². The van der Waals surface area contributed by atoms with Crippen LogP contribution in [0.5, 0.6) is 0 Å². The molecule has 0 spiro atoms. The van der Waals surface area contributed by atoms with Crippen LogP contribution in [0.2, 0.25) is 0 Å². The maximum absolute atomic E-state index is 12.4. The summed E-state index contributed by atoms with van der Waals surface area (Å²) in [7, 11) is 0. The van der Waals surface area contributed by atoms with Gasteiger partial charge in [-0.15, -0.1) is 0 Å². The van der Waals surface area contributed by atoms with E-state index >= 15 is 0 Å². The van der Waals surface area contributed by atoms with Crippen LogP contribution in [-0.2, 0) is 27.2 Å². The number of nitrogens with one attached hydrogen (secondary N) is 2. The molecule has 2 aromatic rings. The van der Waals surface area contributed by atoms with Gasteiger partial charge in [0, 0.05) is 12.0 Å². The fourth-order valence-electron chi connectivity index (χ4n) is 2.98. The third-order valence-electron chi connectivity index (χ3n) is 4.53. The van der Waals surface area contributed by atoms with Crippen molar-refractivity contribution in [3.63, 3.8) is 0 Å². The molecule has 0 fully saturated rings. The second-order valence-electron chi connectivity index (χ2n) is 7.01. The van der Waals surface area contributed by atoms with E-state index in [1.807, 2.05) is 18.2 Å². The summed E-state index contributed by atoms with van der Waals surface area (Å²) in [5, 5.41) is 19.2. The SMILES string of the molecule is N=C(N)c1ccc(CCCCC(=O)NC(CC(=O)O)C[S+]([O-])c2ccccc2)cc1. The quantitative estimate of drug-likeness (QED) is 0.178. The zero-order valence-corrected chi connectivity index (χ0v) is 17.5. The second kappa shape index (κ2) is 12.0. The first-order chi connectivity index (χ1) is 14.3. The maximum atomic E-state index is 12.4. The van der Waals surface area contributed by atoms with Crippen molar-refractivity contribution in [2.24, 2.45) is 5.73 Å². The van der Waals surface area contributed by atoms with Crippen molar-refractivity contribution < 1.29 is 19.2 Å². The monoisotopic (exact) mass is 429 g/mol. The molecule has 160 valence electrons. The fourth-order valence-corrected chi connectivity index (χ4v) is 4.20. The van der Waals surface area contributed by atoms with Crippen LogP contribution in [0.4, 0.5) is 0 Å². The van der Waals surface area contributed by atoms with Crippen molar-refractivity contribution in [2.45, 2.75) is 43.0 Å². The molecule has 0 aromatic heterocycles. The van der Waals surface area contributed by atoms with Gasteiger partial charge in [-0.05, 0) is 48.1 Å². The molecule has 2 rings (SSSR count). The van der Waals surface area contributed by atoms with Crippen molar-refractivity contribution >= 4 is 28.9 Å². The normalized spacial score (nSPS) is 12.7. The Bertz CT molecular complexity index is 843. The Morgan fingerprint density at radius 1 is 1.10 bits per heavy atom. The first-order valence-electron chi connectivity index (χ1n) is 9.73. The number of carboxylic acid groups (broad SMARTS) is 1. The first-order valence-corrected chi connectivity index (χ1v) is 11.0. The minimum absolute atomic E-state index is 0.0299. The first kappa shape index (κ1) is 23.4. The van der Waals surface area contributed by atoms with Gasteiger partial charge < -0.3 is 20.7 Å². The summed E-state index contributed by atoms with van der Waals surface area (Å²) >= 11 is -1.39. The van der Waals surface area contributed by atoms with Gasteiger partial charge in [-0.2, -0.15) is 0 Å². The molecular formula is C22H27N3O4S. The molecule has 0 saturated carbocycles. The molecule has 0 bridgehead atoms. The van der Waals surface area contributed by atoms with E-state index in [-0.39, 0.29) is 30.3 Å². The Kier molecular flexibility index (Phi) is 9.37. The second-order valence-corrected chi connectivity index (χ2v) is 8.50. The lowest BCUT2D eigenvalue weighted by atomic mass is 10.0. The van der Waals surface area contributed by atoms with Gasteiger partial charge in [0.2, 0.25) is 5.91 Å². The van der Waals surface area contributed by atoms with E-state index < -0.39 is 23.2 Å². The van der Waals surface area contributed by atoms with Crippen molar-refractivity contribution in [1.29, 1.82) is 5.41 Å². The number of hydrogen-bond acceptors (Lipinski definition) is 4. The number of nitrogen functional groups attached to an aromatic ring is 1. The van der Waals surface area contributed by atoms with E-state index in [0.29, 0.717) is 16.9 Å². The number of carbonyl (C=O) groups excluding carboxylic acids is 1. The zero-order valence-electron chi connectivity index (χ0n) is 16.7. The number of aliphatic carboxylic acids is 1. The Morgan fingerprint density at radius 2 is 1.77 bits per heavy atom. The topological polar surface area (TPSA) is 139 Å². The van der Waals surface area contributed by atoms with E-state index in [9.17, 15) is 14.1 Å². The number of amides is 1. The fraction of sp³-hybridized carbons (Fsp3) is 0.318. The van der Waals surface area contributed by atoms with Gasteiger partial charge in [0.15, 0.2) is 4.90 Å². The van der Waals surface area contributed by atoms with E-state index in [0.717, 1.165) is 18.4 Å². The number of hydrogen-bond donors (Lipinski definition) is 4. The molecule has 0 radical (unpaired) electrons. The number of carboxylic acids is 1. The highest BCUT2D eigenvalue weighted by Gasteiger charge is 2.23. The number of unbranched alkanes of at least 4 members (excludes halogenated alkanes) is 1. The average Bonchev–Trinajstić information content (AvgIpc) is 2.71. The number of carbonyl (C=O) groups is 2. The van der Waals surface area contributed by atoms with Crippen LogP contribution in [0.15, 0.2) is 59.5 Å². The van der Waals surface area contributed by atoms with Crippen molar-refractivity contribution in [2.75, 3.05) is 5.75 Å². The third kappa shape index (κ3) is 8.26. The van der Waals surface area contributed by atoms with Crippen LogP contribution >= 0.6 is 0 Å². The van der Waals surface area contributed by atoms with Crippen LogP contribution in [0.3, 0.4) is 0 Å². The van der Waals surface area contributed by atoms with Gasteiger partial charge in [-0.3, -0.25) is 15.0 Å². The standard InChI is InChI=1S/C22H27N3O4S/c23-22(24)17-12-10-16(11-13-17)6-4-5-9-20(26)25-18(14-21(27)28)15-30(29)19-7-2-1-3-8-19/h1-3,7-8,10-13,18H,4-6,9,14-15H2,(H3,23,24)(H,25,26)(H,27,28). The lowest BCUT2D eigenvalue weighted by Crippen LogP contribution is -2.41. The molecule has 2 unspecified atom stereocenters. The van der Waals surface area contributed by atoms with Gasteiger partial charge in [0.05, 0.1) is 12.5 Å². The third-order valence-corrected chi connectivity index (χ3v) is 6.03. The van der Waals surface area contributed by atoms with Gasteiger partial charge in [0.1, 0.15) is 11.6 Å². The molecule has 2 atom stereocenters. The molecular weight excluding hydrogens is 402 g/mol. The Morgan fingerprint density at radius 3 is 2.37 bits per heavy atom. The van der Waals surface area contributed by atoms with Crippen LogP contribution < -0.4 is 11.1 Å². The lowest BCUT2D eigenvalue weighted by molar-refractivity contribution is -0.137. The van der Waals surface area contributed by atoms with Gasteiger partial charge in [-0.25, -0.2) is 0 Å². The maximum Gasteiger partial charge on any atom is 0.305 e. The molecule has 0 heterocycles. The molecule has 2 aromatic carbocycles. The summed E-state index contributed by atoms with van der Waals surface area (Å²) in [6.07, 6.45) is 2.25. The van der Waals surface area contributed by atoms with Crippen molar-refractivity contribution in [3.8, 4) is 0 Å². The molecule has 0 saturated heterocycles. The van der Waals surface area contributed by atoms with Gasteiger partial charge >= 0.3 is 5.97 Å². The Labute approximate surface area is 179 Å². The van der Waals surface area contributed by atoms with Gasteiger partial charge in [0.25, 0.3) is 0 Å².